The van der Waals surface area contributed by atoms with Crippen LogP contribution in [0.4, 0.5) is 8.78 Å². The molecule has 2 atom stereocenters. The summed E-state index contributed by atoms with van der Waals surface area (Å²) in [5, 5.41) is 11.9. The lowest BCUT2D eigenvalue weighted by molar-refractivity contribution is -0.143. The largest absolute Gasteiger partial charge is 0.481 e. The third kappa shape index (κ3) is 4.16. The highest BCUT2D eigenvalue weighted by molar-refractivity contribution is 5.94. The molecule has 1 amide bonds. The average Bonchev–Trinajstić information content (AvgIpc) is 2.47. The molecule has 0 aliphatic heterocycles. The summed E-state index contributed by atoms with van der Waals surface area (Å²) in [6, 6.07) is 4.88. The quantitative estimate of drug-likeness (QED) is 0.876. The first-order valence-corrected chi connectivity index (χ1v) is 7.06. The summed E-state index contributed by atoms with van der Waals surface area (Å²) in [5.41, 5.74) is 0.274. The molecule has 0 radical (unpaired) electrons. The van der Waals surface area contributed by atoms with E-state index in [0.29, 0.717) is 12.8 Å². The maximum Gasteiger partial charge on any atom is 0.387 e. The van der Waals surface area contributed by atoms with E-state index in [1.165, 1.54) is 24.3 Å². The Morgan fingerprint density at radius 2 is 1.82 bits per heavy atom. The molecule has 22 heavy (non-hydrogen) atoms. The van der Waals surface area contributed by atoms with Crippen LogP contribution in [0, 0.1) is 5.92 Å². The number of benzene rings is 1. The fourth-order valence-electron chi connectivity index (χ4n) is 2.64. The number of carbonyl (C=O) groups is 2. The van der Waals surface area contributed by atoms with Crippen LogP contribution in [0.25, 0.3) is 0 Å². The standard InChI is InChI=1S/C15H17F2NO4/c16-15(17)22-10-7-5-9(6-8-10)13(19)18-12-4-2-1-3-11(12)14(20)21/h5-8,11-12,15H,1-4H2,(H,18,19)(H,20,21). The number of rotatable bonds is 5. The van der Waals surface area contributed by atoms with Crippen LogP contribution in [0.3, 0.4) is 0 Å². The molecule has 0 saturated heterocycles. The van der Waals surface area contributed by atoms with E-state index in [-0.39, 0.29) is 11.3 Å². The normalized spacial score (nSPS) is 21.4. The van der Waals surface area contributed by atoms with Gasteiger partial charge in [-0.1, -0.05) is 12.8 Å². The van der Waals surface area contributed by atoms with Gasteiger partial charge in [-0.2, -0.15) is 8.78 Å². The number of aliphatic carboxylic acids is 1. The molecule has 5 nitrogen and oxygen atoms in total. The SMILES string of the molecule is O=C(NC1CCCCC1C(=O)O)c1ccc(OC(F)F)cc1. The van der Waals surface area contributed by atoms with Crippen LogP contribution in [-0.2, 0) is 4.79 Å². The average molecular weight is 313 g/mol. The minimum absolute atomic E-state index is 0.0346. The van der Waals surface area contributed by atoms with Crippen LogP contribution in [0.5, 0.6) is 5.75 Å². The predicted molar refractivity (Wildman–Crippen MR) is 73.9 cm³/mol. The second-order valence-electron chi connectivity index (χ2n) is 5.21. The number of nitrogens with one attached hydrogen (secondary N) is 1. The molecule has 7 heteroatoms. The Hall–Kier alpha value is -2.18. The van der Waals surface area contributed by atoms with E-state index in [2.05, 4.69) is 10.1 Å². The zero-order chi connectivity index (χ0) is 16.1. The second-order valence-corrected chi connectivity index (χ2v) is 5.21. The first-order chi connectivity index (χ1) is 10.5. The number of hydrogen-bond donors (Lipinski definition) is 2. The lowest BCUT2D eigenvalue weighted by Gasteiger charge is -2.29. The number of amides is 1. The van der Waals surface area contributed by atoms with Crippen LogP contribution in [0.2, 0.25) is 0 Å². The molecule has 1 saturated carbocycles. The number of carbonyl (C=O) groups excluding carboxylic acids is 1. The summed E-state index contributed by atoms with van der Waals surface area (Å²) < 4.78 is 28.3. The number of ether oxygens (including phenoxy) is 1. The second kappa shape index (κ2) is 7.20. The Labute approximate surface area is 126 Å². The highest BCUT2D eigenvalue weighted by atomic mass is 19.3. The van der Waals surface area contributed by atoms with Gasteiger partial charge in [0, 0.05) is 11.6 Å². The van der Waals surface area contributed by atoms with Crippen LogP contribution >= 0.6 is 0 Å². The molecular weight excluding hydrogens is 296 g/mol. The van der Waals surface area contributed by atoms with E-state index < -0.39 is 30.4 Å². The van der Waals surface area contributed by atoms with Crippen molar-refractivity contribution < 1.29 is 28.2 Å². The van der Waals surface area contributed by atoms with Gasteiger partial charge in [-0.15, -0.1) is 0 Å². The van der Waals surface area contributed by atoms with Crippen molar-refractivity contribution in [1.29, 1.82) is 0 Å². The van der Waals surface area contributed by atoms with Gasteiger partial charge in [0.1, 0.15) is 5.75 Å². The maximum atomic E-state index is 12.1. The topological polar surface area (TPSA) is 75.6 Å². The van der Waals surface area contributed by atoms with Gasteiger partial charge in [0.05, 0.1) is 5.92 Å². The molecule has 1 aliphatic rings. The fourth-order valence-corrected chi connectivity index (χ4v) is 2.64. The molecule has 0 heterocycles. The van der Waals surface area contributed by atoms with Gasteiger partial charge in [0.2, 0.25) is 0 Å². The number of carboxylic acid groups (broad SMARTS) is 1. The third-order valence-corrected chi connectivity index (χ3v) is 3.74. The summed E-state index contributed by atoms with van der Waals surface area (Å²) in [5.74, 6) is -1.95. The molecule has 0 spiro atoms. The van der Waals surface area contributed by atoms with Gasteiger partial charge in [-0.25, -0.2) is 0 Å². The summed E-state index contributed by atoms with van der Waals surface area (Å²) in [6.07, 6.45) is 2.87. The van der Waals surface area contributed by atoms with Crippen molar-refractivity contribution in [3.8, 4) is 5.75 Å². The van der Waals surface area contributed by atoms with Gasteiger partial charge in [-0.3, -0.25) is 9.59 Å². The third-order valence-electron chi connectivity index (χ3n) is 3.74. The van der Waals surface area contributed by atoms with Gasteiger partial charge >= 0.3 is 12.6 Å². The Morgan fingerprint density at radius 1 is 1.18 bits per heavy atom. The smallest absolute Gasteiger partial charge is 0.387 e. The van der Waals surface area contributed by atoms with Crippen molar-refractivity contribution in [3.05, 3.63) is 29.8 Å². The number of halogens is 2. The highest BCUT2D eigenvalue weighted by Crippen LogP contribution is 2.25. The number of carboxylic acids is 1. The number of alkyl halides is 2. The molecule has 1 aromatic rings. The predicted octanol–water partition coefficient (Wildman–Crippen LogP) is 2.66. The summed E-state index contributed by atoms with van der Waals surface area (Å²) >= 11 is 0. The van der Waals surface area contributed by atoms with Crippen LogP contribution in [-0.4, -0.2) is 29.6 Å². The Balaban J connectivity index is 2.00. The van der Waals surface area contributed by atoms with E-state index >= 15 is 0 Å². The van der Waals surface area contributed by atoms with Crippen molar-refractivity contribution in [1.82, 2.24) is 5.32 Å². The van der Waals surface area contributed by atoms with Crippen LogP contribution in [0.15, 0.2) is 24.3 Å². The van der Waals surface area contributed by atoms with E-state index in [1.807, 2.05) is 0 Å². The maximum absolute atomic E-state index is 12.1. The molecule has 1 fully saturated rings. The fraction of sp³-hybridized carbons (Fsp3) is 0.467. The lowest BCUT2D eigenvalue weighted by atomic mass is 9.84. The molecule has 2 rings (SSSR count). The van der Waals surface area contributed by atoms with Crippen molar-refractivity contribution in [2.24, 2.45) is 5.92 Å². The summed E-state index contributed by atoms with van der Waals surface area (Å²) in [7, 11) is 0. The van der Waals surface area contributed by atoms with E-state index in [1.54, 1.807) is 0 Å². The minimum Gasteiger partial charge on any atom is -0.481 e. The Kier molecular flexibility index (Phi) is 5.30. The van der Waals surface area contributed by atoms with E-state index in [0.717, 1.165) is 12.8 Å². The Morgan fingerprint density at radius 3 is 2.41 bits per heavy atom. The molecule has 120 valence electrons. The lowest BCUT2D eigenvalue weighted by Crippen LogP contribution is -2.45. The zero-order valence-electron chi connectivity index (χ0n) is 11.8. The van der Waals surface area contributed by atoms with Gasteiger partial charge in [0.15, 0.2) is 0 Å². The van der Waals surface area contributed by atoms with Crippen molar-refractivity contribution in [2.75, 3.05) is 0 Å². The zero-order valence-corrected chi connectivity index (χ0v) is 11.8. The van der Waals surface area contributed by atoms with Crippen molar-refractivity contribution in [2.45, 2.75) is 38.3 Å². The minimum atomic E-state index is -2.92. The van der Waals surface area contributed by atoms with Crippen molar-refractivity contribution >= 4 is 11.9 Å². The van der Waals surface area contributed by atoms with Crippen LogP contribution < -0.4 is 10.1 Å². The first kappa shape index (κ1) is 16.2. The molecule has 1 aromatic carbocycles. The number of hydrogen-bond acceptors (Lipinski definition) is 3. The van der Waals surface area contributed by atoms with Crippen molar-refractivity contribution in [3.63, 3.8) is 0 Å². The molecular formula is C15H17F2NO4. The summed E-state index contributed by atoms with van der Waals surface area (Å²) in [4.78, 5) is 23.3. The monoisotopic (exact) mass is 313 g/mol. The van der Waals surface area contributed by atoms with Gasteiger partial charge in [-0.05, 0) is 37.1 Å². The van der Waals surface area contributed by atoms with Gasteiger partial charge < -0.3 is 15.2 Å². The highest BCUT2D eigenvalue weighted by Gasteiger charge is 2.31. The molecule has 2 N–H and O–H groups in total. The Bertz CT molecular complexity index is 533. The van der Waals surface area contributed by atoms with E-state index in [4.69, 9.17) is 0 Å². The molecule has 1 aliphatic carbocycles. The molecule has 0 bridgehead atoms. The molecule has 0 aromatic heterocycles. The first-order valence-electron chi connectivity index (χ1n) is 7.06. The van der Waals surface area contributed by atoms with Gasteiger partial charge in [0.25, 0.3) is 5.91 Å². The van der Waals surface area contributed by atoms with Crippen LogP contribution in [0.1, 0.15) is 36.0 Å². The van der Waals surface area contributed by atoms with E-state index in [9.17, 15) is 23.5 Å². The summed E-state index contributed by atoms with van der Waals surface area (Å²) in [6.45, 7) is -2.92. The molecule has 2 unspecified atom stereocenters.